The summed E-state index contributed by atoms with van der Waals surface area (Å²) in [6, 6.07) is 15.3. The molecule has 1 amide bonds. The van der Waals surface area contributed by atoms with Gasteiger partial charge < -0.3 is 19.8 Å². The van der Waals surface area contributed by atoms with Gasteiger partial charge in [0.15, 0.2) is 5.16 Å². The predicted molar refractivity (Wildman–Crippen MR) is 115 cm³/mol. The molecule has 2 heterocycles. The first kappa shape index (κ1) is 20.0. The van der Waals surface area contributed by atoms with E-state index < -0.39 is 5.92 Å². The van der Waals surface area contributed by atoms with Gasteiger partial charge in [0.05, 0.1) is 19.8 Å². The lowest BCUT2D eigenvalue weighted by Gasteiger charge is -2.26. The van der Waals surface area contributed by atoms with Gasteiger partial charge >= 0.3 is 0 Å². The highest BCUT2D eigenvalue weighted by Crippen LogP contribution is 2.40. The Balaban J connectivity index is 1.70. The van der Waals surface area contributed by atoms with Crippen molar-refractivity contribution >= 4 is 23.5 Å². The first-order valence-corrected chi connectivity index (χ1v) is 10.4. The van der Waals surface area contributed by atoms with Crippen LogP contribution in [0.1, 0.15) is 29.0 Å². The van der Waals surface area contributed by atoms with Gasteiger partial charge in [-0.05, 0) is 11.6 Å². The summed E-state index contributed by atoms with van der Waals surface area (Å²) in [5.74, 6) is 1.50. The number of nitrogens with zero attached hydrogens (tertiary/aromatic N) is 1. The minimum Gasteiger partial charge on any atom is -0.497 e. The maximum absolute atomic E-state index is 13.0. The van der Waals surface area contributed by atoms with Crippen LogP contribution in [0.2, 0.25) is 0 Å². The second-order valence-corrected chi connectivity index (χ2v) is 7.78. The fraction of sp³-hybridized carbons (Fsp3) is 0.227. The Morgan fingerprint density at radius 3 is 2.63 bits per heavy atom. The Hall–Kier alpha value is -3.26. The molecular weight excluding hydrogens is 402 g/mol. The van der Waals surface area contributed by atoms with Crippen LogP contribution in [0.3, 0.4) is 0 Å². The van der Waals surface area contributed by atoms with Crippen LogP contribution in [0, 0.1) is 0 Å². The Labute approximate surface area is 177 Å². The molecule has 2 N–H and O–H groups in total. The third-order valence-electron chi connectivity index (χ3n) is 4.96. The van der Waals surface area contributed by atoms with Crippen molar-refractivity contribution in [2.45, 2.75) is 23.2 Å². The van der Waals surface area contributed by atoms with E-state index in [0.29, 0.717) is 33.8 Å². The average molecular weight is 423 g/mol. The number of fused-ring (bicyclic) bond motifs is 1. The highest BCUT2D eigenvalue weighted by atomic mass is 32.2. The molecular formula is C22H21N3O4S. The van der Waals surface area contributed by atoms with E-state index >= 15 is 0 Å². The Kier molecular flexibility index (Phi) is 5.76. The number of carbonyl (C=O) groups is 1. The summed E-state index contributed by atoms with van der Waals surface area (Å²) in [6.45, 7) is 0. The number of ether oxygens (including phenoxy) is 2. The molecule has 8 heteroatoms. The SMILES string of the molecule is COc1ccc(C2CC(=O)Nc3nc(SCc4ccccc4)[nH]c(=O)c32)c(OC)c1. The number of anilines is 1. The number of aromatic amines is 1. The number of carbonyl (C=O) groups excluding carboxylic acids is 1. The molecule has 1 unspecified atom stereocenters. The Morgan fingerprint density at radius 2 is 1.90 bits per heavy atom. The molecule has 0 bridgehead atoms. The number of amides is 1. The van der Waals surface area contributed by atoms with E-state index in [1.54, 1.807) is 26.4 Å². The number of H-pyrrole nitrogens is 1. The van der Waals surface area contributed by atoms with Crippen LogP contribution in [-0.4, -0.2) is 30.1 Å². The van der Waals surface area contributed by atoms with Crippen molar-refractivity contribution in [1.29, 1.82) is 0 Å². The molecule has 4 rings (SSSR count). The highest BCUT2D eigenvalue weighted by Gasteiger charge is 2.32. The molecule has 1 aromatic heterocycles. The molecule has 30 heavy (non-hydrogen) atoms. The van der Waals surface area contributed by atoms with E-state index in [1.165, 1.54) is 11.8 Å². The van der Waals surface area contributed by atoms with Crippen molar-refractivity contribution in [3.05, 3.63) is 75.6 Å². The molecule has 0 aliphatic carbocycles. The number of hydrogen-bond donors (Lipinski definition) is 2. The molecule has 2 aromatic carbocycles. The van der Waals surface area contributed by atoms with Crippen molar-refractivity contribution in [3.63, 3.8) is 0 Å². The van der Waals surface area contributed by atoms with Crippen molar-refractivity contribution in [1.82, 2.24) is 9.97 Å². The lowest BCUT2D eigenvalue weighted by Crippen LogP contribution is -2.31. The maximum Gasteiger partial charge on any atom is 0.257 e. The fourth-order valence-corrected chi connectivity index (χ4v) is 4.33. The molecule has 0 spiro atoms. The zero-order valence-corrected chi connectivity index (χ0v) is 17.4. The van der Waals surface area contributed by atoms with Gasteiger partial charge in [0, 0.05) is 29.7 Å². The molecule has 7 nitrogen and oxygen atoms in total. The van der Waals surface area contributed by atoms with Crippen LogP contribution in [0.25, 0.3) is 0 Å². The van der Waals surface area contributed by atoms with Gasteiger partial charge in [0.1, 0.15) is 17.3 Å². The second-order valence-electron chi connectivity index (χ2n) is 6.82. The summed E-state index contributed by atoms with van der Waals surface area (Å²) in [7, 11) is 3.12. The van der Waals surface area contributed by atoms with E-state index in [4.69, 9.17) is 9.47 Å². The summed E-state index contributed by atoms with van der Waals surface area (Å²) in [6.07, 6.45) is 0.136. The van der Waals surface area contributed by atoms with Gasteiger partial charge in [-0.25, -0.2) is 4.98 Å². The summed E-state index contributed by atoms with van der Waals surface area (Å²) < 4.78 is 10.7. The molecule has 0 fully saturated rings. The largest absolute Gasteiger partial charge is 0.497 e. The van der Waals surface area contributed by atoms with E-state index in [1.807, 2.05) is 36.4 Å². The standard InChI is InChI=1S/C22H21N3O4S/c1-28-14-8-9-15(17(10-14)29-2)16-11-18(26)23-20-19(16)21(27)25-22(24-20)30-12-13-6-4-3-5-7-13/h3-10,16H,11-12H2,1-2H3,(H2,23,24,25,26,27). The Morgan fingerprint density at radius 1 is 1.10 bits per heavy atom. The van der Waals surface area contributed by atoms with Crippen molar-refractivity contribution in [3.8, 4) is 11.5 Å². The maximum atomic E-state index is 13.0. The smallest absolute Gasteiger partial charge is 0.257 e. The van der Waals surface area contributed by atoms with Crippen molar-refractivity contribution < 1.29 is 14.3 Å². The first-order valence-electron chi connectivity index (χ1n) is 9.41. The van der Waals surface area contributed by atoms with Crippen LogP contribution in [0.15, 0.2) is 58.5 Å². The number of nitrogens with one attached hydrogen (secondary N) is 2. The van der Waals surface area contributed by atoms with Crippen LogP contribution in [-0.2, 0) is 10.5 Å². The number of aromatic nitrogens is 2. The minimum atomic E-state index is -0.459. The zero-order chi connectivity index (χ0) is 21.1. The summed E-state index contributed by atoms with van der Waals surface area (Å²) in [5, 5.41) is 3.21. The molecule has 0 saturated heterocycles. The normalized spacial score (nSPS) is 15.3. The molecule has 0 radical (unpaired) electrons. The predicted octanol–water partition coefficient (Wildman–Crippen LogP) is 3.55. The van der Waals surface area contributed by atoms with E-state index in [2.05, 4.69) is 15.3 Å². The van der Waals surface area contributed by atoms with Crippen LogP contribution >= 0.6 is 11.8 Å². The van der Waals surface area contributed by atoms with Crippen LogP contribution in [0.5, 0.6) is 11.5 Å². The number of benzene rings is 2. The number of methoxy groups -OCH3 is 2. The fourth-order valence-electron chi connectivity index (χ4n) is 3.52. The summed E-state index contributed by atoms with van der Waals surface area (Å²) in [4.78, 5) is 32.8. The number of hydrogen-bond acceptors (Lipinski definition) is 6. The van der Waals surface area contributed by atoms with Gasteiger partial charge in [0.25, 0.3) is 5.56 Å². The molecule has 154 valence electrons. The lowest BCUT2D eigenvalue weighted by atomic mass is 9.86. The molecule has 1 aliphatic heterocycles. The molecule has 3 aromatic rings. The summed E-state index contributed by atoms with van der Waals surface area (Å²) >= 11 is 1.41. The van der Waals surface area contributed by atoms with Crippen molar-refractivity contribution in [2.24, 2.45) is 0 Å². The average Bonchev–Trinajstić information content (AvgIpc) is 2.77. The number of rotatable bonds is 6. The molecule has 0 saturated carbocycles. The number of thioether (sulfide) groups is 1. The molecule has 1 aliphatic rings. The van der Waals surface area contributed by atoms with Gasteiger partial charge in [-0.2, -0.15) is 0 Å². The minimum absolute atomic E-state index is 0.136. The quantitative estimate of drug-likeness (QED) is 0.465. The van der Waals surface area contributed by atoms with E-state index in [0.717, 1.165) is 11.1 Å². The van der Waals surface area contributed by atoms with E-state index in [9.17, 15) is 9.59 Å². The third-order valence-corrected chi connectivity index (χ3v) is 5.91. The van der Waals surface area contributed by atoms with Gasteiger partial charge in [-0.15, -0.1) is 0 Å². The van der Waals surface area contributed by atoms with Crippen molar-refractivity contribution in [2.75, 3.05) is 19.5 Å². The van der Waals surface area contributed by atoms with Gasteiger partial charge in [0.2, 0.25) is 5.91 Å². The van der Waals surface area contributed by atoms with Gasteiger partial charge in [-0.3, -0.25) is 9.59 Å². The van der Waals surface area contributed by atoms with E-state index in [-0.39, 0.29) is 17.9 Å². The topological polar surface area (TPSA) is 93.3 Å². The van der Waals surface area contributed by atoms with Crippen LogP contribution in [0.4, 0.5) is 5.82 Å². The first-order chi connectivity index (χ1) is 14.6. The Bertz CT molecular complexity index is 1130. The molecule has 1 atom stereocenters. The zero-order valence-electron chi connectivity index (χ0n) is 16.6. The second kappa shape index (κ2) is 8.62. The van der Waals surface area contributed by atoms with Crippen LogP contribution < -0.4 is 20.3 Å². The third kappa shape index (κ3) is 4.04. The van der Waals surface area contributed by atoms with Gasteiger partial charge in [-0.1, -0.05) is 48.2 Å². The summed E-state index contributed by atoms with van der Waals surface area (Å²) in [5.41, 5.74) is 2.03. The monoisotopic (exact) mass is 423 g/mol. The highest BCUT2D eigenvalue weighted by molar-refractivity contribution is 7.98. The lowest BCUT2D eigenvalue weighted by molar-refractivity contribution is -0.116.